The molecular weight excluding hydrogens is 629 g/mol. The molecule has 242 valence electrons. The lowest BCUT2D eigenvalue weighted by molar-refractivity contribution is 1.18. The largest absolute Gasteiger partial charge is 0.309 e. The summed E-state index contributed by atoms with van der Waals surface area (Å²) in [6, 6.07) is 71.0. The Morgan fingerprint density at radius 1 is 0.250 bits per heavy atom. The van der Waals surface area contributed by atoms with Crippen molar-refractivity contribution in [1.82, 2.24) is 9.13 Å². The van der Waals surface area contributed by atoms with E-state index < -0.39 is 0 Å². The molecule has 0 aliphatic carbocycles. The molecule has 0 amide bonds. The molecule has 2 heterocycles. The van der Waals surface area contributed by atoms with Gasteiger partial charge >= 0.3 is 0 Å². The van der Waals surface area contributed by atoms with Gasteiger partial charge in [-0.15, -0.1) is 0 Å². The quantitative estimate of drug-likeness (QED) is 0.178. The van der Waals surface area contributed by atoms with Crippen LogP contribution in [0.4, 0.5) is 0 Å². The predicted molar refractivity (Wildman–Crippen MR) is 221 cm³/mol. The standard InChI is InChI=1S/C50H32N2/c1-3-11-33(12-4-1)35-19-21-39-31-41(25-23-37(39)29-35)51-45-17-9-7-15-43(45)49-47(51)27-28-48-50(49)44-16-8-10-18-46(44)52(48)42-26-24-38-30-36(20-22-40(38)32-42)34-13-5-2-6-14-34/h1-32H. The van der Waals surface area contributed by atoms with Crippen LogP contribution >= 0.6 is 0 Å². The van der Waals surface area contributed by atoms with Gasteiger partial charge in [-0.25, -0.2) is 0 Å². The second kappa shape index (κ2) is 11.3. The molecular formula is C50H32N2. The molecule has 0 saturated heterocycles. The molecule has 2 nitrogen and oxygen atoms in total. The van der Waals surface area contributed by atoms with E-state index in [0.29, 0.717) is 0 Å². The summed E-state index contributed by atoms with van der Waals surface area (Å²) in [6.07, 6.45) is 0. The first-order valence-corrected chi connectivity index (χ1v) is 17.9. The van der Waals surface area contributed by atoms with Crippen molar-refractivity contribution in [3.8, 4) is 33.6 Å². The van der Waals surface area contributed by atoms with Crippen molar-refractivity contribution < 1.29 is 0 Å². The molecule has 0 spiro atoms. The zero-order valence-corrected chi connectivity index (χ0v) is 28.4. The third kappa shape index (κ3) is 4.38. The molecule has 0 atom stereocenters. The van der Waals surface area contributed by atoms with Gasteiger partial charge < -0.3 is 9.13 Å². The van der Waals surface area contributed by atoms with E-state index in [4.69, 9.17) is 0 Å². The van der Waals surface area contributed by atoms with Gasteiger partial charge in [-0.1, -0.05) is 133 Å². The highest BCUT2D eigenvalue weighted by Crippen LogP contribution is 2.43. The van der Waals surface area contributed by atoms with Crippen LogP contribution in [0.3, 0.4) is 0 Å². The third-order valence-electron chi connectivity index (χ3n) is 10.9. The first kappa shape index (κ1) is 28.9. The van der Waals surface area contributed by atoms with Crippen LogP contribution in [0.1, 0.15) is 0 Å². The Balaban J connectivity index is 1.12. The van der Waals surface area contributed by atoms with Gasteiger partial charge in [-0.3, -0.25) is 0 Å². The zero-order valence-electron chi connectivity index (χ0n) is 28.4. The average Bonchev–Trinajstić information content (AvgIpc) is 3.73. The number of rotatable bonds is 4. The van der Waals surface area contributed by atoms with Crippen LogP contribution in [0.25, 0.3) is 98.8 Å². The molecule has 0 radical (unpaired) electrons. The number of hydrogen-bond acceptors (Lipinski definition) is 0. The third-order valence-corrected chi connectivity index (χ3v) is 10.9. The van der Waals surface area contributed by atoms with E-state index in [2.05, 4.69) is 203 Å². The lowest BCUT2D eigenvalue weighted by Gasteiger charge is -2.12. The molecule has 0 fully saturated rings. The number of benzene rings is 9. The second-order valence-corrected chi connectivity index (χ2v) is 13.8. The number of fused-ring (bicyclic) bond motifs is 9. The molecule has 0 bridgehead atoms. The van der Waals surface area contributed by atoms with Crippen molar-refractivity contribution in [2.45, 2.75) is 0 Å². The fourth-order valence-corrected chi connectivity index (χ4v) is 8.44. The summed E-state index contributed by atoms with van der Waals surface area (Å²) in [4.78, 5) is 0. The predicted octanol–water partition coefficient (Wildman–Crippen LogP) is 13.5. The fourth-order valence-electron chi connectivity index (χ4n) is 8.44. The Kier molecular flexibility index (Phi) is 6.28. The van der Waals surface area contributed by atoms with Crippen LogP contribution in [0.15, 0.2) is 194 Å². The molecule has 2 aromatic heterocycles. The van der Waals surface area contributed by atoms with Gasteiger partial charge in [-0.2, -0.15) is 0 Å². The molecule has 0 aliphatic heterocycles. The zero-order chi connectivity index (χ0) is 34.2. The van der Waals surface area contributed by atoms with Gasteiger partial charge in [0.2, 0.25) is 0 Å². The van der Waals surface area contributed by atoms with Gasteiger partial charge in [0.25, 0.3) is 0 Å². The van der Waals surface area contributed by atoms with Crippen LogP contribution < -0.4 is 0 Å². The smallest absolute Gasteiger partial charge is 0.0548 e. The molecule has 0 N–H and O–H groups in total. The summed E-state index contributed by atoms with van der Waals surface area (Å²) in [7, 11) is 0. The van der Waals surface area contributed by atoms with Gasteiger partial charge in [0.1, 0.15) is 0 Å². The lowest BCUT2D eigenvalue weighted by Crippen LogP contribution is -1.95. The van der Waals surface area contributed by atoms with Crippen LogP contribution in [0.2, 0.25) is 0 Å². The van der Waals surface area contributed by atoms with Gasteiger partial charge in [0.05, 0.1) is 22.1 Å². The average molecular weight is 661 g/mol. The molecule has 11 rings (SSSR count). The Morgan fingerprint density at radius 2 is 0.635 bits per heavy atom. The minimum Gasteiger partial charge on any atom is -0.309 e. The van der Waals surface area contributed by atoms with E-state index in [0.717, 1.165) is 0 Å². The Bertz CT molecular complexity index is 2950. The van der Waals surface area contributed by atoms with Crippen LogP contribution in [-0.4, -0.2) is 9.13 Å². The summed E-state index contributed by atoms with van der Waals surface area (Å²) < 4.78 is 4.89. The van der Waals surface area contributed by atoms with Crippen LogP contribution in [0.5, 0.6) is 0 Å². The number of hydrogen-bond donors (Lipinski definition) is 0. The number of nitrogens with zero attached hydrogens (tertiary/aromatic N) is 2. The second-order valence-electron chi connectivity index (χ2n) is 13.8. The summed E-state index contributed by atoms with van der Waals surface area (Å²) >= 11 is 0. The van der Waals surface area contributed by atoms with E-state index >= 15 is 0 Å². The molecule has 0 saturated carbocycles. The first-order chi connectivity index (χ1) is 25.8. The maximum Gasteiger partial charge on any atom is 0.0548 e. The number of aromatic nitrogens is 2. The summed E-state index contributed by atoms with van der Waals surface area (Å²) in [5.74, 6) is 0. The first-order valence-electron chi connectivity index (χ1n) is 17.9. The van der Waals surface area contributed by atoms with Gasteiger partial charge in [0, 0.05) is 32.9 Å². The van der Waals surface area contributed by atoms with E-state index in [9.17, 15) is 0 Å². The normalized spacial score (nSPS) is 11.8. The maximum absolute atomic E-state index is 2.45. The van der Waals surface area contributed by atoms with Crippen LogP contribution in [-0.2, 0) is 0 Å². The highest BCUT2D eigenvalue weighted by molar-refractivity contribution is 6.29. The van der Waals surface area contributed by atoms with E-state index in [1.165, 1.54) is 98.8 Å². The summed E-state index contributed by atoms with van der Waals surface area (Å²) in [6.45, 7) is 0. The van der Waals surface area contributed by atoms with Crippen molar-refractivity contribution in [3.63, 3.8) is 0 Å². The van der Waals surface area contributed by atoms with Crippen molar-refractivity contribution in [2.75, 3.05) is 0 Å². The van der Waals surface area contributed by atoms with Crippen molar-refractivity contribution >= 4 is 65.2 Å². The molecule has 52 heavy (non-hydrogen) atoms. The van der Waals surface area contributed by atoms with Crippen molar-refractivity contribution in [1.29, 1.82) is 0 Å². The molecule has 9 aromatic carbocycles. The van der Waals surface area contributed by atoms with Gasteiger partial charge in [-0.05, 0) is 104 Å². The SMILES string of the molecule is c1ccc(-c2ccc3cc(-n4c5ccccc5c5c6c7ccccc7n(-c7ccc8cc(-c9ccccc9)ccc8c7)c6ccc54)ccc3c2)cc1. The summed E-state index contributed by atoms with van der Waals surface area (Å²) in [5, 5.41) is 10.0. The fraction of sp³-hybridized carbons (Fsp3) is 0. The summed E-state index contributed by atoms with van der Waals surface area (Å²) in [5.41, 5.74) is 12.1. The Labute approximate surface area is 301 Å². The van der Waals surface area contributed by atoms with Crippen molar-refractivity contribution in [2.24, 2.45) is 0 Å². The molecule has 0 aliphatic rings. The van der Waals surface area contributed by atoms with E-state index in [1.54, 1.807) is 0 Å². The molecule has 0 unspecified atom stereocenters. The number of para-hydroxylation sites is 2. The minimum atomic E-state index is 1.17. The topological polar surface area (TPSA) is 9.86 Å². The Morgan fingerprint density at radius 3 is 1.10 bits per heavy atom. The maximum atomic E-state index is 2.45. The monoisotopic (exact) mass is 660 g/mol. The van der Waals surface area contributed by atoms with Crippen LogP contribution in [0, 0.1) is 0 Å². The van der Waals surface area contributed by atoms with Gasteiger partial charge in [0.15, 0.2) is 0 Å². The molecule has 2 heteroatoms. The molecule has 11 aromatic rings. The highest BCUT2D eigenvalue weighted by Gasteiger charge is 2.20. The minimum absolute atomic E-state index is 1.17. The highest BCUT2D eigenvalue weighted by atomic mass is 15.0. The van der Waals surface area contributed by atoms with Crippen molar-refractivity contribution in [3.05, 3.63) is 194 Å². The van der Waals surface area contributed by atoms with E-state index in [1.807, 2.05) is 0 Å². The van der Waals surface area contributed by atoms with E-state index in [-0.39, 0.29) is 0 Å². The Hall–Kier alpha value is -6.90. The lowest BCUT2D eigenvalue weighted by atomic mass is 10.0.